The maximum Gasteiger partial charge on any atom is 0.222 e. The van der Waals surface area contributed by atoms with Crippen molar-refractivity contribution in [3.63, 3.8) is 0 Å². The summed E-state index contributed by atoms with van der Waals surface area (Å²) < 4.78 is 13.9. The molecule has 1 aromatic heterocycles. The van der Waals surface area contributed by atoms with Crippen LogP contribution >= 0.6 is 0 Å². The van der Waals surface area contributed by atoms with Crippen LogP contribution in [0.4, 0.5) is 15.9 Å². The van der Waals surface area contributed by atoms with Gasteiger partial charge in [0.25, 0.3) is 0 Å². The Morgan fingerprint density at radius 3 is 2.70 bits per heavy atom. The van der Waals surface area contributed by atoms with E-state index in [1.807, 2.05) is 0 Å². The minimum atomic E-state index is -0.548. The molecule has 0 aliphatic carbocycles. The number of nitrogens with zero attached hydrogens (tertiary/aromatic N) is 1. The fourth-order valence-electron chi connectivity index (χ4n) is 1.79. The van der Waals surface area contributed by atoms with Crippen molar-refractivity contribution < 1.29 is 14.0 Å². The number of halogens is 1. The first-order valence-electron chi connectivity index (χ1n) is 5.79. The van der Waals surface area contributed by atoms with Gasteiger partial charge < -0.3 is 11.1 Å². The molecule has 0 spiro atoms. The Balaban J connectivity index is 2.57. The quantitative estimate of drug-likeness (QED) is 0.663. The number of nitrogen functional groups attached to an aromatic ring is 1. The monoisotopic (exact) mass is 273 g/mol. The second kappa shape index (κ2) is 5.48. The van der Waals surface area contributed by atoms with Crippen LogP contribution in [0.15, 0.2) is 30.5 Å². The summed E-state index contributed by atoms with van der Waals surface area (Å²) in [6.07, 6.45) is 1.86. The smallest absolute Gasteiger partial charge is 0.222 e. The highest BCUT2D eigenvalue weighted by Crippen LogP contribution is 2.28. The van der Waals surface area contributed by atoms with E-state index in [2.05, 4.69) is 10.3 Å². The van der Waals surface area contributed by atoms with Gasteiger partial charge in [0.15, 0.2) is 6.29 Å². The molecule has 20 heavy (non-hydrogen) atoms. The van der Waals surface area contributed by atoms with Crippen molar-refractivity contribution in [2.45, 2.75) is 6.92 Å². The van der Waals surface area contributed by atoms with Crippen molar-refractivity contribution in [3.05, 3.63) is 41.8 Å². The lowest BCUT2D eigenvalue weighted by Crippen LogP contribution is -2.08. The summed E-state index contributed by atoms with van der Waals surface area (Å²) >= 11 is 0. The van der Waals surface area contributed by atoms with Crippen molar-refractivity contribution in [2.75, 3.05) is 11.1 Å². The molecule has 1 heterocycles. The fourth-order valence-corrected chi connectivity index (χ4v) is 1.79. The Labute approximate surface area is 114 Å². The number of carbonyl (C=O) groups is 2. The van der Waals surface area contributed by atoms with Gasteiger partial charge in [-0.25, -0.2) is 9.37 Å². The van der Waals surface area contributed by atoms with Gasteiger partial charge in [0.05, 0.1) is 0 Å². The summed E-state index contributed by atoms with van der Waals surface area (Å²) in [4.78, 5) is 26.0. The molecule has 0 saturated heterocycles. The summed E-state index contributed by atoms with van der Waals surface area (Å²) in [5, 5.41) is 2.48. The minimum absolute atomic E-state index is 0.218. The molecule has 0 radical (unpaired) electrons. The topological polar surface area (TPSA) is 85.1 Å². The van der Waals surface area contributed by atoms with Crippen LogP contribution in [0.1, 0.15) is 17.3 Å². The van der Waals surface area contributed by atoms with Gasteiger partial charge in [-0.2, -0.15) is 0 Å². The van der Waals surface area contributed by atoms with E-state index in [1.54, 1.807) is 0 Å². The number of aromatic nitrogens is 1. The number of pyridine rings is 1. The van der Waals surface area contributed by atoms with Crippen molar-refractivity contribution >= 4 is 23.7 Å². The minimum Gasteiger partial charge on any atom is -0.399 e. The number of aldehydes is 1. The summed E-state index contributed by atoms with van der Waals surface area (Å²) in [7, 11) is 0. The Bertz CT molecular complexity index is 686. The maximum atomic E-state index is 13.9. The van der Waals surface area contributed by atoms with Crippen molar-refractivity contribution in [1.82, 2.24) is 4.98 Å². The van der Waals surface area contributed by atoms with Gasteiger partial charge in [-0.1, -0.05) is 0 Å². The summed E-state index contributed by atoms with van der Waals surface area (Å²) in [6, 6.07) is 5.62. The Morgan fingerprint density at radius 2 is 2.10 bits per heavy atom. The average Bonchev–Trinajstić information content (AvgIpc) is 2.38. The van der Waals surface area contributed by atoms with Gasteiger partial charge in [-0.05, 0) is 24.3 Å². The highest BCUT2D eigenvalue weighted by atomic mass is 19.1. The molecule has 3 N–H and O–H groups in total. The lowest BCUT2D eigenvalue weighted by Gasteiger charge is -2.09. The van der Waals surface area contributed by atoms with E-state index in [0.29, 0.717) is 11.8 Å². The molecule has 6 heteroatoms. The SMILES string of the molecule is CC(=O)Nc1cc(-c2ccc(N)cc2F)c(C=O)cn1. The van der Waals surface area contributed by atoms with Gasteiger partial charge >= 0.3 is 0 Å². The van der Waals surface area contributed by atoms with Gasteiger partial charge in [-0.3, -0.25) is 9.59 Å². The molecule has 2 rings (SSSR count). The molecular weight excluding hydrogens is 261 g/mol. The van der Waals surface area contributed by atoms with Gasteiger partial charge in [0.1, 0.15) is 11.6 Å². The number of rotatable bonds is 3. The predicted molar refractivity (Wildman–Crippen MR) is 73.7 cm³/mol. The van der Waals surface area contributed by atoms with Crippen LogP contribution in [0.5, 0.6) is 0 Å². The fraction of sp³-hybridized carbons (Fsp3) is 0.0714. The van der Waals surface area contributed by atoms with E-state index < -0.39 is 5.82 Å². The molecular formula is C14H12FN3O2. The van der Waals surface area contributed by atoms with Crippen LogP contribution in [0.2, 0.25) is 0 Å². The Morgan fingerprint density at radius 1 is 1.35 bits per heavy atom. The summed E-state index contributed by atoms with van der Waals surface area (Å²) in [6.45, 7) is 1.33. The van der Waals surface area contributed by atoms with E-state index in [4.69, 9.17) is 5.73 Å². The van der Waals surface area contributed by atoms with E-state index >= 15 is 0 Å². The number of hydrogen-bond acceptors (Lipinski definition) is 4. The highest BCUT2D eigenvalue weighted by Gasteiger charge is 2.12. The van der Waals surface area contributed by atoms with Gasteiger partial charge in [0.2, 0.25) is 5.91 Å². The zero-order valence-corrected chi connectivity index (χ0v) is 10.7. The third kappa shape index (κ3) is 2.80. The largest absolute Gasteiger partial charge is 0.399 e. The zero-order valence-electron chi connectivity index (χ0n) is 10.7. The van der Waals surface area contributed by atoms with Crippen LogP contribution in [0.25, 0.3) is 11.1 Å². The standard InChI is InChI=1S/C14H12FN3O2/c1-8(20)18-14-5-12(9(7-19)6-17-14)11-3-2-10(16)4-13(11)15/h2-7H,16H2,1H3,(H,17,18,20). The van der Waals surface area contributed by atoms with Crippen LogP contribution in [0.3, 0.4) is 0 Å². The number of nitrogens with one attached hydrogen (secondary N) is 1. The molecule has 5 nitrogen and oxygen atoms in total. The lowest BCUT2D eigenvalue weighted by atomic mass is 10.0. The first kappa shape index (κ1) is 13.7. The molecule has 0 bridgehead atoms. The normalized spacial score (nSPS) is 10.1. The van der Waals surface area contributed by atoms with Crippen molar-refractivity contribution in [1.29, 1.82) is 0 Å². The highest BCUT2D eigenvalue weighted by molar-refractivity contribution is 5.92. The number of hydrogen-bond donors (Lipinski definition) is 2. The van der Waals surface area contributed by atoms with E-state index in [1.165, 1.54) is 37.4 Å². The molecule has 0 aliphatic rings. The molecule has 1 aromatic carbocycles. The number of carbonyl (C=O) groups excluding carboxylic acids is 2. The molecule has 2 aromatic rings. The Hall–Kier alpha value is -2.76. The van der Waals surface area contributed by atoms with Crippen LogP contribution < -0.4 is 11.1 Å². The van der Waals surface area contributed by atoms with E-state index in [0.717, 1.165) is 0 Å². The van der Waals surface area contributed by atoms with Gasteiger partial charge in [0, 0.05) is 35.5 Å². The van der Waals surface area contributed by atoms with Crippen LogP contribution in [-0.2, 0) is 4.79 Å². The number of anilines is 2. The van der Waals surface area contributed by atoms with E-state index in [9.17, 15) is 14.0 Å². The van der Waals surface area contributed by atoms with Crippen LogP contribution in [0, 0.1) is 5.82 Å². The first-order chi connectivity index (χ1) is 9.51. The third-order valence-corrected chi connectivity index (χ3v) is 2.65. The number of nitrogens with two attached hydrogens (primary N) is 1. The zero-order chi connectivity index (χ0) is 14.7. The summed E-state index contributed by atoms with van der Waals surface area (Å²) in [5.74, 6) is -0.609. The lowest BCUT2D eigenvalue weighted by molar-refractivity contribution is -0.114. The predicted octanol–water partition coefficient (Wildman–Crippen LogP) is 2.24. The average molecular weight is 273 g/mol. The first-order valence-corrected chi connectivity index (χ1v) is 5.79. The van der Waals surface area contributed by atoms with E-state index in [-0.39, 0.29) is 28.5 Å². The molecule has 0 fully saturated rings. The number of benzene rings is 1. The molecule has 1 amide bonds. The van der Waals surface area contributed by atoms with Crippen LogP contribution in [-0.4, -0.2) is 17.2 Å². The van der Waals surface area contributed by atoms with Crippen molar-refractivity contribution in [2.24, 2.45) is 0 Å². The molecule has 0 atom stereocenters. The number of amides is 1. The summed E-state index contributed by atoms with van der Waals surface area (Å²) in [5.41, 5.74) is 6.57. The Kier molecular flexibility index (Phi) is 3.74. The second-order valence-corrected chi connectivity index (χ2v) is 4.20. The van der Waals surface area contributed by atoms with Crippen molar-refractivity contribution in [3.8, 4) is 11.1 Å². The third-order valence-electron chi connectivity index (χ3n) is 2.65. The van der Waals surface area contributed by atoms with Gasteiger partial charge in [-0.15, -0.1) is 0 Å². The molecule has 0 aliphatic heterocycles. The maximum absolute atomic E-state index is 13.9. The second-order valence-electron chi connectivity index (χ2n) is 4.20. The molecule has 0 unspecified atom stereocenters. The molecule has 0 saturated carbocycles. The molecule has 102 valence electrons.